The molecule has 1 saturated carbocycles. The zero-order valence-corrected chi connectivity index (χ0v) is 12.3. The minimum Gasteiger partial charge on any atom is -0.341 e. The Morgan fingerprint density at radius 1 is 1.25 bits per heavy atom. The number of carbonyl (C=O) groups is 1. The second kappa shape index (κ2) is 5.28. The average Bonchev–Trinajstić information content (AvgIpc) is 3.18. The number of rotatable bonds is 4. The van der Waals surface area contributed by atoms with Gasteiger partial charge in [-0.1, -0.05) is 0 Å². The second-order valence-electron chi connectivity index (χ2n) is 5.14. The largest absolute Gasteiger partial charge is 0.341 e. The third-order valence-electron chi connectivity index (χ3n) is 3.30. The fourth-order valence-electron chi connectivity index (χ4n) is 2.05. The molecule has 1 aliphatic carbocycles. The molecule has 0 saturated heterocycles. The number of aromatic nitrogens is 3. The fourth-order valence-corrected chi connectivity index (χ4v) is 2.97. The van der Waals surface area contributed by atoms with E-state index >= 15 is 0 Å². The zero-order chi connectivity index (χ0) is 14.1. The van der Waals surface area contributed by atoms with Crippen molar-refractivity contribution >= 4 is 17.2 Å². The zero-order valence-electron chi connectivity index (χ0n) is 11.5. The Morgan fingerprint density at radius 3 is 2.60 bits per heavy atom. The molecule has 5 nitrogen and oxygen atoms in total. The molecule has 104 valence electrons. The van der Waals surface area contributed by atoms with Crippen molar-refractivity contribution in [3.05, 3.63) is 39.9 Å². The molecule has 0 radical (unpaired) electrons. The first-order valence-electron chi connectivity index (χ1n) is 6.65. The molecule has 2 aromatic rings. The van der Waals surface area contributed by atoms with Crippen LogP contribution in [0.4, 0.5) is 0 Å². The highest BCUT2D eigenvalue weighted by atomic mass is 32.1. The van der Waals surface area contributed by atoms with Crippen LogP contribution in [0.1, 0.15) is 45.0 Å². The van der Waals surface area contributed by atoms with E-state index in [9.17, 15) is 4.79 Å². The number of hydrogen-bond acceptors (Lipinski definition) is 5. The van der Waals surface area contributed by atoms with E-state index in [-0.39, 0.29) is 11.9 Å². The molecule has 0 aliphatic heterocycles. The van der Waals surface area contributed by atoms with E-state index in [0.29, 0.717) is 11.6 Å². The van der Waals surface area contributed by atoms with E-state index < -0.39 is 0 Å². The van der Waals surface area contributed by atoms with Crippen molar-refractivity contribution in [3.63, 3.8) is 0 Å². The van der Waals surface area contributed by atoms with E-state index in [1.807, 2.05) is 20.0 Å². The Bertz CT molecular complexity index is 618. The lowest BCUT2D eigenvalue weighted by atomic mass is 10.2. The van der Waals surface area contributed by atoms with Gasteiger partial charge in [-0.25, -0.2) is 9.97 Å². The minimum absolute atomic E-state index is 0.00398. The highest BCUT2D eigenvalue weighted by Crippen LogP contribution is 2.42. The molecule has 0 aromatic carbocycles. The molecular weight excluding hydrogens is 272 g/mol. The Labute approximate surface area is 121 Å². The van der Waals surface area contributed by atoms with Crippen molar-refractivity contribution in [2.45, 2.75) is 32.7 Å². The van der Waals surface area contributed by atoms with Crippen LogP contribution in [0.5, 0.6) is 0 Å². The monoisotopic (exact) mass is 288 g/mol. The van der Waals surface area contributed by atoms with Crippen LogP contribution in [0.3, 0.4) is 0 Å². The summed E-state index contributed by atoms with van der Waals surface area (Å²) in [5.74, 6) is 0.324. The van der Waals surface area contributed by atoms with Crippen LogP contribution in [0.25, 0.3) is 0 Å². The van der Waals surface area contributed by atoms with Gasteiger partial charge in [-0.3, -0.25) is 9.78 Å². The number of carbonyl (C=O) groups excluding carboxylic acids is 1. The summed E-state index contributed by atoms with van der Waals surface area (Å²) in [5, 5.41) is 4.04. The van der Waals surface area contributed by atoms with Gasteiger partial charge in [-0.05, 0) is 32.6 Å². The summed E-state index contributed by atoms with van der Waals surface area (Å²) in [5.41, 5.74) is 1.16. The molecule has 1 aliphatic rings. The Hall–Kier alpha value is -1.82. The first-order valence-corrected chi connectivity index (χ1v) is 7.47. The second-order valence-corrected chi connectivity index (χ2v) is 6.41. The molecule has 2 aromatic heterocycles. The van der Waals surface area contributed by atoms with E-state index in [0.717, 1.165) is 28.4 Å². The minimum atomic E-state index is -0.178. The van der Waals surface area contributed by atoms with E-state index in [4.69, 9.17) is 0 Å². The van der Waals surface area contributed by atoms with Crippen molar-refractivity contribution in [1.82, 2.24) is 20.3 Å². The standard InChI is InChI=1S/C14H16N4OS/c1-8-5-16-11(7-15-8)13(19)18-12(10-3-4-10)14-17-6-9(2)20-14/h5-7,10,12H,3-4H2,1-2H3,(H,18,19). The Balaban J connectivity index is 1.76. The van der Waals surface area contributed by atoms with Gasteiger partial charge in [0.05, 0.1) is 17.9 Å². The third kappa shape index (κ3) is 2.85. The lowest BCUT2D eigenvalue weighted by molar-refractivity contribution is 0.0926. The number of aryl methyl sites for hydroxylation is 2. The van der Waals surface area contributed by atoms with Crippen LogP contribution in [0.15, 0.2) is 18.6 Å². The summed E-state index contributed by atoms with van der Waals surface area (Å²) in [6, 6.07) is 0.00398. The van der Waals surface area contributed by atoms with Crippen molar-refractivity contribution < 1.29 is 4.79 Å². The lowest BCUT2D eigenvalue weighted by Gasteiger charge is -2.15. The maximum atomic E-state index is 12.2. The highest BCUT2D eigenvalue weighted by molar-refractivity contribution is 7.11. The van der Waals surface area contributed by atoms with Gasteiger partial charge in [0, 0.05) is 17.3 Å². The lowest BCUT2D eigenvalue weighted by Crippen LogP contribution is -2.30. The summed E-state index contributed by atoms with van der Waals surface area (Å²) < 4.78 is 0. The third-order valence-corrected chi connectivity index (χ3v) is 4.29. The SMILES string of the molecule is Cc1cnc(C(=O)NC(c2ncc(C)s2)C2CC2)cn1. The van der Waals surface area contributed by atoms with Gasteiger partial charge in [-0.15, -0.1) is 11.3 Å². The van der Waals surface area contributed by atoms with Gasteiger partial charge < -0.3 is 5.32 Å². The van der Waals surface area contributed by atoms with Gasteiger partial charge in [0.1, 0.15) is 10.7 Å². The molecular formula is C14H16N4OS. The van der Waals surface area contributed by atoms with Crippen molar-refractivity contribution in [3.8, 4) is 0 Å². The van der Waals surface area contributed by atoms with Crippen molar-refractivity contribution in [2.75, 3.05) is 0 Å². The first-order chi connectivity index (χ1) is 9.63. The number of thiazole rings is 1. The van der Waals surface area contributed by atoms with Crippen molar-refractivity contribution in [1.29, 1.82) is 0 Å². The average molecular weight is 288 g/mol. The summed E-state index contributed by atoms with van der Waals surface area (Å²) >= 11 is 1.64. The van der Waals surface area contributed by atoms with Crippen LogP contribution < -0.4 is 5.32 Å². The van der Waals surface area contributed by atoms with Crippen LogP contribution >= 0.6 is 11.3 Å². The van der Waals surface area contributed by atoms with Gasteiger partial charge in [0.2, 0.25) is 0 Å². The fraction of sp³-hybridized carbons (Fsp3) is 0.429. The highest BCUT2D eigenvalue weighted by Gasteiger charge is 2.35. The topological polar surface area (TPSA) is 67.8 Å². The molecule has 1 N–H and O–H groups in total. The van der Waals surface area contributed by atoms with E-state index in [1.165, 1.54) is 6.20 Å². The van der Waals surface area contributed by atoms with Gasteiger partial charge in [0.15, 0.2) is 0 Å². The molecule has 0 spiro atoms. The molecule has 1 fully saturated rings. The van der Waals surface area contributed by atoms with Crippen LogP contribution in [-0.2, 0) is 0 Å². The number of nitrogens with one attached hydrogen (secondary N) is 1. The summed E-state index contributed by atoms with van der Waals surface area (Å²) in [6.45, 7) is 3.87. The predicted molar refractivity (Wildman–Crippen MR) is 76.6 cm³/mol. The molecule has 2 heterocycles. The predicted octanol–water partition coefficient (Wildman–Crippen LogP) is 2.43. The van der Waals surface area contributed by atoms with Crippen molar-refractivity contribution in [2.24, 2.45) is 5.92 Å². The Morgan fingerprint density at radius 2 is 2.05 bits per heavy atom. The number of nitrogens with zero attached hydrogens (tertiary/aromatic N) is 3. The molecule has 1 unspecified atom stereocenters. The van der Waals surface area contributed by atoms with E-state index in [2.05, 4.69) is 20.3 Å². The summed E-state index contributed by atoms with van der Waals surface area (Å²) in [7, 11) is 0. The molecule has 1 atom stereocenters. The van der Waals surface area contributed by atoms with Crippen LogP contribution in [0, 0.1) is 19.8 Å². The number of hydrogen-bond donors (Lipinski definition) is 1. The maximum Gasteiger partial charge on any atom is 0.272 e. The van der Waals surface area contributed by atoms with Crippen LogP contribution in [0.2, 0.25) is 0 Å². The van der Waals surface area contributed by atoms with Gasteiger partial charge in [-0.2, -0.15) is 0 Å². The van der Waals surface area contributed by atoms with Gasteiger partial charge >= 0.3 is 0 Å². The molecule has 20 heavy (non-hydrogen) atoms. The summed E-state index contributed by atoms with van der Waals surface area (Å²) in [4.78, 5) is 26.0. The molecule has 0 bridgehead atoms. The molecule has 1 amide bonds. The van der Waals surface area contributed by atoms with E-state index in [1.54, 1.807) is 17.5 Å². The van der Waals surface area contributed by atoms with Crippen LogP contribution in [-0.4, -0.2) is 20.9 Å². The number of amides is 1. The molecule has 3 rings (SSSR count). The normalized spacial score (nSPS) is 15.9. The molecule has 6 heteroatoms. The quantitative estimate of drug-likeness (QED) is 0.938. The summed E-state index contributed by atoms with van der Waals surface area (Å²) in [6.07, 6.45) is 7.26. The smallest absolute Gasteiger partial charge is 0.272 e. The first kappa shape index (κ1) is 13.2. The van der Waals surface area contributed by atoms with Gasteiger partial charge in [0.25, 0.3) is 5.91 Å². The Kier molecular flexibility index (Phi) is 3.48. The maximum absolute atomic E-state index is 12.2.